The summed E-state index contributed by atoms with van der Waals surface area (Å²) >= 11 is 1.34. The van der Waals surface area contributed by atoms with Gasteiger partial charge in [-0.2, -0.15) is 13.2 Å². The van der Waals surface area contributed by atoms with E-state index in [-0.39, 0.29) is 18.1 Å². The smallest absolute Gasteiger partial charge is 0.416 e. The standard InChI is InChI=1S/C20H18F3N3O4S/c21-20(22,23)13-3-1-10(2-4-13)8-25-6-5-11(16(25)27)7-12-9-31-18-14(24)17(28)26(18)15(12)19(29)30/h1-4,7,14,18H,5-6,8-9,24H2,(H,29,30)/t14-,18-/m1/s1. The van der Waals surface area contributed by atoms with Crippen LogP contribution in [0.15, 0.2) is 47.2 Å². The number of halogens is 3. The minimum Gasteiger partial charge on any atom is -0.477 e. The van der Waals surface area contributed by atoms with Gasteiger partial charge < -0.3 is 15.7 Å². The van der Waals surface area contributed by atoms with Gasteiger partial charge in [0, 0.05) is 24.4 Å². The first-order valence-corrected chi connectivity index (χ1v) is 10.5. The molecule has 3 aliphatic heterocycles. The molecule has 0 aromatic heterocycles. The molecule has 4 rings (SSSR count). The third-order valence-corrected chi connectivity index (χ3v) is 6.78. The fourth-order valence-electron chi connectivity index (χ4n) is 3.83. The Morgan fingerprint density at radius 2 is 1.94 bits per heavy atom. The molecule has 0 saturated carbocycles. The van der Waals surface area contributed by atoms with Crippen LogP contribution in [-0.4, -0.2) is 56.4 Å². The van der Waals surface area contributed by atoms with Crippen molar-refractivity contribution < 1.29 is 32.7 Å². The van der Waals surface area contributed by atoms with Gasteiger partial charge in [-0.1, -0.05) is 12.1 Å². The lowest BCUT2D eigenvalue weighted by Crippen LogP contribution is -2.68. The zero-order valence-corrected chi connectivity index (χ0v) is 16.9. The number of hydrogen-bond donors (Lipinski definition) is 2. The Balaban J connectivity index is 1.52. The third-order valence-electron chi connectivity index (χ3n) is 5.46. The molecular weight excluding hydrogens is 435 g/mol. The van der Waals surface area contributed by atoms with E-state index in [9.17, 15) is 32.7 Å². The molecule has 3 aliphatic rings. The zero-order chi connectivity index (χ0) is 22.5. The maximum Gasteiger partial charge on any atom is 0.416 e. The maximum absolute atomic E-state index is 12.8. The Labute approximate surface area is 179 Å². The van der Waals surface area contributed by atoms with E-state index >= 15 is 0 Å². The first-order chi connectivity index (χ1) is 14.6. The van der Waals surface area contributed by atoms with Crippen molar-refractivity contribution >= 4 is 29.5 Å². The van der Waals surface area contributed by atoms with Gasteiger partial charge in [-0.05, 0) is 35.8 Å². The van der Waals surface area contributed by atoms with Gasteiger partial charge in [-0.25, -0.2) is 4.79 Å². The highest BCUT2D eigenvalue weighted by Crippen LogP contribution is 2.40. The predicted molar refractivity (Wildman–Crippen MR) is 105 cm³/mol. The van der Waals surface area contributed by atoms with E-state index in [0.29, 0.717) is 35.4 Å². The van der Waals surface area contributed by atoms with Crippen LogP contribution in [0.25, 0.3) is 0 Å². The molecule has 2 atom stereocenters. The number of β-lactam (4-membered cyclic amide) rings is 1. The molecule has 3 heterocycles. The summed E-state index contributed by atoms with van der Waals surface area (Å²) in [5.41, 5.74) is 6.14. The van der Waals surface area contributed by atoms with Gasteiger partial charge in [0.2, 0.25) is 11.8 Å². The van der Waals surface area contributed by atoms with Crippen molar-refractivity contribution in [1.29, 1.82) is 0 Å². The van der Waals surface area contributed by atoms with E-state index in [1.807, 2.05) is 0 Å². The molecular formula is C20H18F3N3O4S. The number of aliphatic carboxylic acids is 1. The molecule has 7 nitrogen and oxygen atoms in total. The van der Waals surface area contributed by atoms with Gasteiger partial charge in [0.1, 0.15) is 17.1 Å². The summed E-state index contributed by atoms with van der Waals surface area (Å²) < 4.78 is 38.1. The van der Waals surface area contributed by atoms with Crippen LogP contribution in [0.4, 0.5) is 13.2 Å². The van der Waals surface area contributed by atoms with Crippen molar-refractivity contribution in [2.45, 2.75) is 30.6 Å². The Hall–Kier alpha value is -2.79. The highest BCUT2D eigenvalue weighted by Gasteiger charge is 2.51. The van der Waals surface area contributed by atoms with Crippen LogP contribution in [0.3, 0.4) is 0 Å². The molecule has 31 heavy (non-hydrogen) atoms. The van der Waals surface area contributed by atoms with Gasteiger partial charge >= 0.3 is 12.1 Å². The first-order valence-electron chi connectivity index (χ1n) is 9.40. The number of amides is 2. The lowest BCUT2D eigenvalue weighted by molar-refractivity contribution is -0.147. The molecule has 0 aliphatic carbocycles. The lowest BCUT2D eigenvalue weighted by atomic mass is 10.0. The van der Waals surface area contributed by atoms with E-state index in [0.717, 1.165) is 17.0 Å². The molecule has 2 amide bonds. The zero-order valence-electron chi connectivity index (χ0n) is 16.1. The van der Waals surface area contributed by atoms with E-state index < -0.39 is 35.0 Å². The monoisotopic (exact) mass is 453 g/mol. The highest BCUT2D eigenvalue weighted by molar-refractivity contribution is 8.00. The number of carbonyl (C=O) groups is 3. The average Bonchev–Trinajstić information content (AvgIpc) is 3.06. The summed E-state index contributed by atoms with van der Waals surface area (Å²) in [7, 11) is 0. The quantitative estimate of drug-likeness (QED) is 0.534. The fourth-order valence-corrected chi connectivity index (χ4v) is 5.08. The number of thioether (sulfide) groups is 1. The number of fused-ring (bicyclic) bond motifs is 1. The minimum absolute atomic E-state index is 0.148. The molecule has 11 heteroatoms. The molecule has 3 N–H and O–H groups in total. The van der Waals surface area contributed by atoms with Gasteiger partial charge in [-0.3, -0.25) is 14.5 Å². The van der Waals surface area contributed by atoms with Crippen molar-refractivity contribution in [3.8, 4) is 0 Å². The fraction of sp³-hybridized carbons (Fsp3) is 0.350. The second-order valence-corrected chi connectivity index (χ2v) is 8.56. The van der Waals surface area contributed by atoms with Gasteiger partial charge in [0.05, 0.1) is 5.56 Å². The first kappa shape index (κ1) is 21.4. The number of carboxylic acid groups (broad SMARTS) is 1. The third kappa shape index (κ3) is 3.83. The Bertz CT molecular complexity index is 1020. The number of nitrogens with zero attached hydrogens (tertiary/aromatic N) is 2. The number of rotatable bonds is 4. The SMILES string of the molecule is N[C@@H]1C(=O)N2C(C(=O)O)=C(C=C3CCN(Cc4ccc(C(F)(F)F)cc4)C3=O)CS[C@H]12. The molecule has 2 saturated heterocycles. The largest absolute Gasteiger partial charge is 0.477 e. The van der Waals surface area contributed by atoms with E-state index in [2.05, 4.69) is 0 Å². The maximum atomic E-state index is 12.8. The number of carbonyl (C=O) groups excluding carboxylic acids is 2. The minimum atomic E-state index is -4.42. The van der Waals surface area contributed by atoms with Crippen molar-refractivity contribution in [2.24, 2.45) is 5.73 Å². The number of nitrogens with two attached hydrogens (primary N) is 1. The summed E-state index contributed by atoms with van der Waals surface area (Å²) in [5.74, 6) is -1.73. The van der Waals surface area contributed by atoms with Crippen LogP contribution in [-0.2, 0) is 27.1 Å². The molecule has 164 valence electrons. The number of alkyl halides is 3. The van der Waals surface area contributed by atoms with Gasteiger partial charge in [-0.15, -0.1) is 11.8 Å². The van der Waals surface area contributed by atoms with Crippen LogP contribution in [0.1, 0.15) is 17.5 Å². The summed E-state index contributed by atoms with van der Waals surface area (Å²) in [4.78, 5) is 39.2. The number of carboxylic acids is 1. The molecule has 2 fully saturated rings. The average molecular weight is 453 g/mol. The van der Waals surface area contributed by atoms with Crippen LogP contribution in [0.5, 0.6) is 0 Å². The Morgan fingerprint density at radius 3 is 2.55 bits per heavy atom. The Morgan fingerprint density at radius 1 is 1.26 bits per heavy atom. The Kier molecular flexibility index (Phi) is 5.34. The topological polar surface area (TPSA) is 104 Å². The number of hydrogen-bond acceptors (Lipinski definition) is 5. The van der Waals surface area contributed by atoms with Gasteiger partial charge in [0.15, 0.2) is 0 Å². The summed E-state index contributed by atoms with van der Waals surface area (Å²) in [5, 5.41) is 9.17. The van der Waals surface area contributed by atoms with Crippen molar-refractivity contribution in [3.05, 3.63) is 58.3 Å². The number of likely N-dealkylation sites (tertiary alicyclic amines) is 1. The van der Waals surface area contributed by atoms with E-state index in [1.165, 1.54) is 34.9 Å². The second-order valence-electron chi connectivity index (χ2n) is 7.46. The predicted octanol–water partition coefficient (Wildman–Crippen LogP) is 1.95. The van der Waals surface area contributed by atoms with Crippen molar-refractivity contribution in [2.75, 3.05) is 12.3 Å². The van der Waals surface area contributed by atoms with Crippen LogP contribution in [0, 0.1) is 0 Å². The van der Waals surface area contributed by atoms with E-state index in [4.69, 9.17) is 5.73 Å². The van der Waals surface area contributed by atoms with Crippen LogP contribution < -0.4 is 5.73 Å². The molecule has 1 aromatic rings. The summed E-state index contributed by atoms with van der Waals surface area (Å²) in [6.07, 6.45) is -2.54. The lowest BCUT2D eigenvalue weighted by Gasteiger charge is -2.47. The normalized spacial score (nSPS) is 25.2. The number of benzene rings is 1. The van der Waals surface area contributed by atoms with Gasteiger partial charge in [0.25, 0.3) is 0 Å². The van der Waals surface area contributed by atoms with E-state index in [1.54, 1.807) is 0 Å². The van der Waals surface area contributed by atoms with Crippen molar-refractivity contribution in [3.63, 3.8) is 0 Å². The summed E-state index contributed by atoms with van der Waals surface area (Å²) in [6.45, 7) is 0.514. The molecule has 0 bridgehead atoms. The van der Waals surface area contributed by atoms with Crippen LogP contribution in [0.2, 0.25) is 0 Å². The van der Waals surface area contributed by atoms with Crippen LogP contribution >= 0.6 is 11.8 Å². The highest BCUT2D eigenvalue weighted by atomic mass is 32.2. The molecule has 0 spiro atoms. The molecule has 0 unspecified atom stereocenters. The summed E-state index contributed by atoms with van der Waals surface area (Å²) in [6, 6.07) is 3.88. The number of allylic oxidation sites excluding steroid dienone is 1. The second kappa shape index (κ2) is 7.72. The van der Waals surface area contributed by atoms with Crippen molar-refractivity contribution in [1.82, 2.24) is 9.80 Å². The molecule has 1 aromatic carbocycles. The molecule has 0 radical (unpaired) electrons.